The maximum absolute atomic E-state index is 10.8. The lowest BCUT2D eigenvalue weighted by molar-refractivity contribution is -0.114. The van der Waals surface area contributed by atoms with Gasteiger partial charge in [-0.25, -0.2) is 4.79 Å². The molecule has 5 nitrogen and oxygen atoms in total. The number of aromatic carboxylic acids is 1. The molecule has 0 saturated carbocycles. The zero-order valence-electron chi connectivity index (χ0n) is 8.37. The highest BCUT2D eigenvalue weighted by molar-refractivity contribution is 5.95. The molecule has 0 aliphatic heterocycles. The highest BCUT2D eigenvalue weighted by Crippen LogP contribution is 2.25. The first-order chi connectivity index (χ1) is 6.91. The van der Waals surface area contributed by atoms with E-state index in [4.69, 9.17) is 5.11 Å². The van der Waals surface area contributed by atoms with Crippen molar-refractivity contribution in [2.75, 3.05) is 5.32 Å². The minimum atomic E-state index is -1.14. The zero-order valence-corrected chi connectivity index (χ0v) is 8.37. The van der Waals surface area contributed by atoms with Gasteiger partial charge in [0.1, 0.15) is 5.75 Å². The van der Waals surface area contributed by atoms with E-state index >= 15 is 0 Å². The van der Waals surface area contributed by atoms with Crippen molar-refractivity contribution in [3.8, 4) is 5.75 Å². The molecule has 5 heteroatoms. The number of carbonyl (C=O) groups is 2. The summed E-state index contributed by atoms with van der Waals surface area (Å²) in [6, 6.07) is 2.45. The topological polar surface area (TPSA) is 86.6 Å². The fourth-order valence-electron chi connectivity index (χ4n) is 1.24. The molecule has 1 amide bonds. The van der Waals surface area contributed by atoms with E-state index in [9.17, 15) is 14.7 Å². The molecule has 1 aromatic carbocycles. The second-order valence-corrected chi connectivity index (χ2v) is 3.15. The first-order valence-electron chi connectivity index (χ1n) is 4.26. The van der Waals surface area contributed by atoms with E-state index in [0.717, 1.165) is 6.07 Å². The Bertz CT molecular complexity index is 426. The second-order valence-electron chi connectivity index (χ2n) is 3.15. The molecule has 3 N–H and O–H groups in total. The molecule has 80 valence electrons. The van der Waals surface area contributed by atoms with Gasteiger partial charge in [-0.2, -0.15) is 0 Å². The maximum atomic E-state index is 10.8. The maximum Gasteiger partial charge on any atom is 0.336 e. The summed E-state index contributed by atoms with van der Waals surface area (Å²) >= 11 is 0. The molecular formula is C10H11NO4. The lowest BCUT2D eigenvalue weighted by atomic mass is 10.1. The van der Waals surface area contributed by atoms with E-state index < -0.39 is 5.97 Å². The number of carbonyl (C=O) groups excluding carboxylic acids is 1. The standard InChI is InChI=1S/C10H11NO4/c1-5-8(10(14)15)3-7(13)4-9(5)11-6(2)12/h3-4,13H,1-2H3,(H,11,12)(H,14,15). The average molecular weight is 209 g/mol. The molecule has 15 heavy (non-hydrogen) atoms. The highest BCUT2D eigenvalue weighted by Gasteiger charge is 2.13. The van der Waals surface area contributed by atoms with Crippen LogP contribution in [0.2, 0.25) is 0 Å². The highest BCUT2D eigenvalue weighted by atomic mass is 16.4. The lowest BCUT2D eigenvalue weighted by Crippen LogP contribution is -2.09. The number of aromatic hydroxyl groups is 1. The van der Waals surface area contributed by atoms with Gasteiger partial charge < -0.3 is 15.5 Å². The largest absolute Gasteiger partial charge is 0.508 e. The second kappa shape index (κ2) is 4.00. The van der Waals surface area contributed by atoms with Crippen LogP contribution in [0.5, 0.6) is 5.75 Å². The van der Waals surface area contributed by atoms with Crippen molar-refractivity contribution in [2.24, 2.45) is 0 Å². The van der Waals surface area contributed by atoms with Crippen molar-refractivity contribution in [1.82, 2.24) is 0 Å². The fraction of sp³-hybridized carbons (Fsp3) is 0.200. The quantitative estimate of drug-likeness (QED) is 0.686. The number of anilines is 1. The third-order valence-electron chi connectivity index (χ3n) is 1.93. The molecule has 0 heterocycles. The fourth-order valence-corrected chi connectivity index (χ4v) is 1.24. The van der Waals surface area contributed by atoms with Crippen LogP contribution in [0.15, 0.2) is 12.1 Å². The number of amides is 1. The monoisotopic (exact) mass is 209 g/mol. The number of phenolic OH excluding ortho intramolecular Hbond substituents is 1. The molecule has 0 unspecified atom stereocenters. The van der Waals surface area contributed by atoms with E-state index in [1.807, 2.05) is 0 Å². The van der Waals surface area contributed by atoms with E-state index in [1.165, 1.54) is 13.0 Å². The molecule has 0 aliphatic rings. The predicted octanol–water partition coefficient (Wildman–Crippen LogP) is 1.36. The van der Waals surface area contributed by atoms with Gasteiger partial charge in [-0.1, -0.05) is 0 Å². The summed E-state index contributed by atoms with van der Waals surface area (Å²) in [4.78, 5) is 21.6. The molecule has 1 aromatic rings. The van der Waals surface area contributed by atoms with Crippen LogP contribution in [0.25, 0.3) is 0 Å². The minimum absolute atomic E-state index is 0.0289. The van der Waals surface area contributed by atoms with Crippen molar-refractivity contribution in [3.63, 3.8) is 0 Å². The van der Waals surface area contributed by atoms with E-state index in [-0.39, 0.29) is 17.2 Å². The molecule has 0 radical (unpaired) electrons. The van der Waals surface area contributed by atoms with Gasteiger partial charge in [-0.05, 0) is 18.6 Å². The molecule has 0 saturated heterocycles. The number of rotatable bonds is 2. The van der Waals surface area contributed by atoms with Gasteiger partial charge in [0.25, 0.3) is 0 Å². The normalized spacial score (nSPS) is 9.73. The van der Waals surface area contributed by atoms with Gasteiger partial charge in [0.05, 0.1) is 5.56 Å². The summed E-state index contributed by atoms with van der Waals surface area (Å²) in [6.45, 7) is 2.87. The Morgan fingerprint density at radius 2 is 1.93 bits per heavy atom. The van der Waals surface area contributed by atoms with Gasteiger partial charge in [-0.15, -0.1) is 0 Å². The van der Waals surface area contributed by atoms with Crippen LogP contribution in [0.1, 0.15) is 22.8 Å². The van der Waals surface area contributed by atoms with Crippen molar-refractivity contribution in [3.05, 3.63) is 23.3 Å². The molecule has 0 fully saturated rings. The van der Waals surface area contributed by atoms with Crippen LogP contribution in [-0.4, -0.2) is 22.1 Å². The van der Waals surface area contributed by atoms with Crippen LogP contribution < -0.4 is 5.32 Å². The number of carboxylic acid groups (broad SMARTS) is 1. The van der Waals surface area contributed by atoms with Crippen molar-refractivity contribution >= 4 is 17.6 Å². The van der Waals surface area contributed by atoms with Crippen LogP contribution >= 0.6 is 0 Å². The minimum Gasteiger partial charge on any atom is -0.508 e. The number of hydrogen-bond donors (Lipinski definition) is 3. The van der Waals surface area contributed by atoms with Gasteiger partial charge in [-0.3, -0.25) is 4.79 Å². The summed E-state index contributed by atoms with van der Waals surface area (Å²) in [5.41, 5.74) is 0.689. The summed E-state index contributed by atoms with van der Waals surface area (Å²) in [5.74, 6) is -1.66. The summed E-state index contributed by atoms with van der Waals surface area (Å²) in [5, 5.41) is 20.5. The number of hydrogen-bond acceptors (Lipinski definition) is 3. The van der Waals surface area contributed by atoms with Crippen molar-refractivity contribution in [1.29, 1.82) is 0 Å². The predicted molar refractivity (Wildman–Crippen MR) is 54.1 cm³/mol. The van der Waals surface area contributed by atoms with Gasteiger partial charge in [0, 0.05) is 18.7 Å². The molecule has 0 bridgehead atoms. The smallest absolute Gasteiger partial charge is 0.336 e. The van der Waals surface area contributed by atoms with Crippen LogP contribution in [0.3, 0.4) is 0 Å². The third-order valence-corrected chi connectivity index (χ3v) is 1.93. The number of carboxylic acids is 1. The first kappa shape index (κ1) is 11.0. The van der Waals surface area contributed by atoms with E-state index in [0.29, 0.717) is 11.3 Å². The van der Waals surface area contributed by atoms with Gasteiger partial charge in [0.15, 0.2) is 0 Å². The van der Waals surface area contributed by atoms with E-state index in [1.54, 1.807) is 6.92 Å². The Kier molecular flexibility index (Phi) is 2.94. The van der Waals surface area contributed by atoms with Gasteiger partial charge >= 0.3 is 5.97 Å². The molecule has 0 spiro atoms. The van der Waals surface area contributed by atoms with Crippen LogP contribution in [-0.2, 0) is 4.79 Å². The van der Waals surface area contributed by atoms with Crippen molar-refractivity contribution in [2.45, 2.75) is 13.8 Å². The van der Waals surface area contributed by atoms with Crippen LogP contribution in [0.4, 0.5) is 5.69 Å². The number of benzene rings is 1. The summed E-state index contributed by atoms with van der Waals surface area (Å²) in [7, 11) is 0. The van der Waals surface area contributed by atoms with Crippen molar-refractivity contribution < 1.29 is 19.8 Å². The summed E-state index contributed by atoms with van der Waals surface area (Å²) in [6.07, 6.45) is 0. The molecular weight excluding hydrogens is 198 g/mol. The molecule has 0 atom stereocenters. The summed E-state index contributed by atoms with van der Waals surface area (Å²) < 4.78 is 0. The van der Waals surface area contributed by atoms with E-state index in [2.05, 4.69) is 5.32 Å². The Labute approximate surface area is 86.4 Å². The van der Waals surface area contributed by atoms with Crippen LogP contribution in [0, 0.1) is 6.92 Å². The number of phenols is 1. The zero-order chi connectivity index (χ0) is 11.6. The number of nitrogens with one attached hydrogen (secondary N) is 1. The SMILES string of the molecule is CC(=O)Nc1cc(O)cc(C(=O)O)c1C. The average Bonchev–Trinajstić information content (AvgIpc) is 2.09. The van der Waals surface area contributed by atoms with Gasteiger partial charge in [0.2, 0.25) is 5.91 Å². The Hall–Kier alpha value is -2.04. The first-order valence-corrected chi connectivity index (χ1v) is 4.26. The Morgan fingerprint density at radius 3 is 2.40 bits per heavy atom. The Morgan fingerprint density at radius 1 is 1.33 bits per heavy atom. The Balaban J connectivity index is 3.28. The molecule has 0 aliphatic carbocycles. The molecule has 0 aromatic heterocycles. The third kappa shape index (κ3) is 2.46. The lowest BCUT2D eigenvalue weighted by Gasteiger charge is -2.09. The molecule has 1 rings (SSSR count).